The van der Waals surface area contributed by atoms with Crippen molar-refractivity contribution < 1.29 is 33.9 Å². The second-order valence-corrected chi connectivity index (χ2v) is 3.40. The molecule has 7 nitrogen and oxygen atoms in total. The summed E-state index contributed by atoms with van der Waals surface area (Å²) < 4.78 is 9.62. The number of Topliss-reactive ketones (excluding diaryl/α,β-unsaturated/α-hetero) is 1. The molecule has 0 heterocycles. The zero-order valence-corrected chi connectivity index (χ0v) is 10.8. The van der Waals surface area contributed by atoms with Crippen LogP contribution in [-0.4, -0.2) is 37.2 Å². The fourth-order valence-corrected chi connectivity index (χ4v) is 1.21. The fraction of sp³-hybridized carbons (Fsp3) is 0.231. The number of hydrogen-bond acceptors (Lipinski definition) is 7. The maximum Gasteiger partial charge on any atom is 0.379 e. The molecule has 0 radical (unpaired) electrons. The summed E-state index contributed by atoms with van der Waals surface area (Å²) in [5, 5.41) is 8.22. The summed E-state index contributed by atoms with van der Waals surface area (Å²) >= 11 is 0. The van der Waals surface area contributed by atoms with Crippen molar-refractivity contribution in [3.8, 4) is 5.75 Å². The van der Waals surface area contributed by atoms with Crippen molar-refractivity contribution in [1.29, 1.82) is 0 Å². The van der Waals surface area contributed by atoms with E-state index in [1.54, 1.807) is 12.1 Å². The Morgan fingerprint density at radius 2 is 1.90 bits per heavy atom. The van der Waals surface area contributed by atoms with Crippen LogP contribution < -0.4 is 4.74 Å². The summed E-state index contributed by atoms with van der Waals surface area (Å²) in [6.45, 7) is -0.230. The van der Waals surface area contributed by atoms with Crippen LogP contribution in [0.2, 0.25) is 0 Å². The maximum absolute atomic E-state index is 11.7. The highest BCUT2D eigenvalue weighted by Crippen LogP contribution is 2.12. The number of carbonyl (C=O) groups is 2. The van der Waals surface area contributed by atoms with Gasteiger partial charge in [0.2, 0.25) is 0 Å². The van der Waals surface area contributed by atoms with Crippen LogP contribution in [0.1, 0.15) is 10.4 Å². The Balaban J connectivity index is 2.36. The van der Waals surface area contributed by atoms with E-state index in [4.69, 9.17) is 9.84 Å². The number of ketones is 1. The van der Waals surface area contributed by atoms with Crippen molar-refractivity contribution in [2.45, 2.75) is 0 Å². The lowest BCUT2D eigenvalue weighted by atomic mass is 10.1. The predicted molar refractivity (Wildman–Crippen MR) is 67.1 cm³/mol. The highest BCUT2D eigenvalue weighted by molar-refractivity contribution is 6.40. The quantitative estimate of drug-likeness (QED) is 0.146. The van der Waals surface area contributed by atoms with E-state index in [-0.39, 0.29) is 18.8 Å². The largest absolute Gasteiger partial charge is 0.512 e. The normalized spacial score (nSPS) is 10.2. The number of aliphatic hydroxyl groups excluding tert-OH is 1. The molecule has 0 unspecified atom stereocenters. The molecule has 0 fully saturated rings. The number of rotatable bonds is 8. The van der Waals surface area contributed by atoms with Gasteiger partial charge in [-0.1, -0.05) is 0 Å². The van der Waals surface area contributed by atoms with E-state index in [1.807, 2.05) is 0 Å². The third kappa shape index (κ3) is 4.99. The van der Waals surface area contributed by atoms with E-state index in [0.29, 0.717) is 12.0 Å². The van der Waals surface area contributed by atoms with Gasteiger partial charge in [-0.2, -0.15) is 4.89 Å². The molecule has 0 aliphatic rings. The number of methoxy groups -OCH3 is 1. The monoisotopic (exact) mass is 282 g/mol. The molecule has 108 valence electrons. The van der Waals surface area contributed by atoms with Crippen LogP contribution in [0.3, 0.4) is 0 Å². The Hall–Kier alpha value is -2.54. The van der Waals surface area contributed by atoms with Gasteiger partial charge in [0.05, 0.1) is 7.11 Å². The van der Waals surface area contributed by atoms with Crippen LogP contribution in [0.15, 0.2) is 36.8 Å². The molecule has 1 rings (SSSR count). The van der Waals surface area contributed by atoms with Crippen molar-refractivity contribution in [2.24, 2.45) is 0 Å². The molecule has 0 bridgehead atoms. The lowest BCUT2D eigenvalue weighted by Gasteiger charge is -2.04. The molecule has 7 heteroatoms. The molecular weight excluding hydrogens is 268 g/mol. The van der Waals surface area contributed by atoms with Gasteiger partial charge in [-0.15, -0.1) is 0 Å². The summed E-state index contributed by atoms with van der Waals surface area (Å²) in [5.41, 5.74) is 0.205. The molecule has 0 atom stereocenters. The van der Waals surface area contributed by atoms with Crippen LogP contribution in [0, 0.1) is 0 Å². The van der Waals surface area contributed by atoms with Crippen LogP contribution in [0.25, 0.3) is 0 Å². The lowest BCUT2D eigenvalue weighted by Crippen LogP contribution is -2.19. The maximum atomic E-state index is 11.7. The molecule has 1 aromatic rings. The molecule has 1 N–H and O–H groups in total. The number of ether oxygens (including phenoxy) is 2. The molecule has 0 aliphatic heterocycles. The second kappa shape index (κ2) is 8.54. The van der Waals surface area contributed by atoms with Crippen molar-refractivity contribution in [1.82, 2.24) is 0 Å². The summed E-state index contributed by atoms with van der Waals surface area (Å²) in [6.07, 6.45) is 1.53. The number of hydrogen-bond donors (Lipinski definition) is 1. The predicted octanol–water partition coefficient (Wildman–Crippen LogP) is 1.40. The molecule has 1 aromatic carbocycles. The van der Waals surface area contributed by atoms with Gasteiger partial charge in [-0.05, 0) is 24.3 Å². The summed E-state index contributed by atoms with van der Waals surface area (Å²) in [6, 6.07) is 6.07. The molecule has 0 saturated heterocycles. The minimum absolute atomic E-state index is 0.0774. The van der Waals surface area contributed by atoms with Gasteiger partial charge in [0.15, 0.2) is 6.26 Å². The van der Waals surface area contributed by atoms with E-state index in [2.05, 4.69) is 14.5 Å². The van der Waals surface area contributed by atoms with E-state index < -0.39 is 11.8 Å². The zero-order chi connectivity index (χ0) is 14.8. The van der Waals surface area contributed by atoms with Gasteiger partial charge >= 0.3 is 5.97 Å². The summed E-state index contributed by atoms with van der Waals surface area (Å²) in [5.74, 6) is -1.17. The number of aliphatic hydroxyl groups is 1. The second-order valence-electron chi connectivity index (χ2n) is 3.40. The Labute approximate surface area is 115 Å². The molecular formula is C13H14O7. The van der Waals surface area contributed by atoms with Crippen LogP contribution in [0.5, 0.6) is 5.75 Å². The Morgan fingerprint density at radius 3 is 2.50 bits per heavy atom. The van der Waals surface area contributed by atoms with Crippen molar-refractivity contribution in [3.63, 3.8) is 0 Å². The third-order valence-corrected chi connectivity index (χ3v) is 2.12. The van der Waals surface area contributed by atoms with Gasteiger partial charge in [0.1, 0.15) is 25.2 Å². The third-order valence-electron chi connectivity index (χ3n) is 2.12. The SMILES string of the molecule is COc1ccc(C(=O)C(=O)OCCOO/C=C\O)cc1. The fourth-order valence-electron chi connectivity index (χ4n) is 1.21. The van der Waals surface area contributed by atoms with Crippen molar-refractivity contribution in [2.75, 3.05) is 20.3 Å². The summed E-state index contributed by atoms with van der Waals surface area (Å²) in [7, 11) is 1.50. The first-order valence-corrected chi connectivity index (χ1v) is 5.62. The van der Waals surface area contributed by atoms with Crippen molar-refractivity contribution >= 4 is 11.8 Å². The zero-order valence-electron chi connectivity index (χ0n) is 10.8. The Kier molecular flexibility index (Phi) is 6.63. The van der Waals surface area contributed by atoms with E-state index in [1.165, 1.54) is 19.2 Å². The first-order chi connectivity index (χ1) is 9.69. The van der Waals surface area contributed by atoms with Gasteiger partial charge < -0.3 is 19.5 Å². The minimum Gasteiger partial charge on any atom is -0.512 e. The van der Waals surface area contributed by atoms with E-state index in [9.17, 15) is 9.59 Å². The molecule has 0 aliphatic carbocycles. The number of carbonyl (C=O) groups excluding carboxylic acids is 2. The summed E-state index contributed by atoms with van der Waals surface area (Å²) in [4.78, 5) is 31.9. The topological polar surface area (TPSA) is 91.3 Å². The highest BCUT2D eigenvalue weighted by atomic mass is 17.2. The van der Waals surface area contributed by atoms with E-state index >= 15 is 0 Å². The smallest absolute Gasteiger partial charge is 0.379 e. The average Bonchev–Trinajstić information content (AvgIpc) is 2.50. The number of esters is 1. The standard InChI is InChI=1S/C13H14O7/c1-17-11-4-2-10(3-5-11)12(15)13(16)18-8-9-20-19-7-6-14/h2-7,14H,8-9H2,1H3/b7-6-. The molecule has 0 saturated carbocycles. The van der Waals surface area contributed by atoms with Gasteiger partial charge in [-0.3, -0.25) is 4.79 Å². The Morgan fingerprint density at radius 1 is 1.20 bits per heavy atom. The molecule has 0 spiro atoms. The first kappa shape index (κ1) is 15.5. The van der Waals surface area contributed by atoms with Gasteiger partial charge in [0, 0.05) is 5.56 Å². The van der Waals surface area contributed by atoms with E-state index in [0.717, 1.165) is 6.26 Å². The molecule has 20 heavy (non-hydrogen) atoms. The number of benzene rings is 1. The molecule has 0 aromatic heterocycles. The Bertz CT molecular complexity index is 464. The van der Waals surface area contributed by atoms with Crippen LogP contribution in [-0.2, 0) is 19.3 Å². The first-order valence-electron chi connectivity index (χ1n) is 5.62. The average molecular weight is 282 g/mol. The minimum atomic E-state index is -0.989. The van der Waals surface area contributed by atoms with Crippen LogP contribution >= 0.6 is 0 Å². The molecule has 0 amide bonds. The van der Waals surface area contributed by atoms with Crippen LogP contribution in [0.4, 0.5) is 0 Å². The highest BCUT2D eigenvalue weighted by Gasteiger charge is 2.17. The van der Waals surface area contributed by atoms with Gasteiger partial charge in [-0.25, -0.2) is 4.79 Å². The van der Waals surface area contributed by atoms with Crippen molar-refractivity contribution in [3.05, 3.63) is 42.4 Å². The van der Waals surface area contributed by atoms with Gasteiger partial charge in [0.25, 0.3) is 5.78 Å². The lowest BCUT2D eigenvalue weighted by molar-refractivity contribution is -0.254.